The van der Waals surface area contributed by atoms with Crippen molar-refractivity contribution in [2.24, 2.45) is 5.92 Å². The van der Waals surface area contributed by atoms with Gasteiger partial charge in [0, 0.05) is 17.9 Å². The summed E-state index contributed by atoms with van der Waals surface area (Å²) in [5, 5.41) is 0.948. The predicted molar refractivity (Wildman–Crippen MR) is 59.8 cm³/mol. The Morgan fingerprint density at radius 2 is 2.29 bits per heavy atom. The number of hydrogen-bond acceptors (Lipinski definition) is 2. The van der Waals surface area contributed by atoms with Crippen LogP contribution in [0.1, 0.15) is 32.6 Å². The van der Waals surface area contributed by atoms with Crippen LogP contribution in [0.3, 0.4) is 0 Å². The highest BCUT2D eigenvalue weighted by molar-refractivity contribution is 9.09. The summed E-state index contributed by atoms with van der Waals surface area (Å²) in [6.07, 6.45) is 5.31. The summed E-state index contributed by atoms with van der Waals surface area (Å²) in [6.45, 7) is 4.05. The molecule has 0 N–H and O–H groups in total. The molecule has 2 fully saturated rings. The first kappa shape index (κ1) is 10.9. The highest BCUT2D eigenvalue weighted by atomic mass is 79.9. The van der Waals surface area contributed by atoms with E-state index in [0.29, 0.717) is 12.0 Å². The minimum absolute atomic E-state index is 0.0715. The summed E-state index contributed by atoms with van der Waals surface area (Å²) in [5.74, 6) is 0.643. The molecule has 0 aromatic carbocycles. The molecular weight excluding hydrogens is 244 g/mol. The van der Waals surface area contributed by atoms with Gasteiger partial charge in [-0.3, -0.25) is 0 Å². The second-order valence-electron chi connectivity index (χ2n) is 4.76. The van der Waals surface area contributed by atoms with Crippen molar-refractivity contribution in [3.05, 3.63) is 0 Å². The summed E-state index contributed by atoms with van der Waals surface area (Å²) in [7, 11) is 0. The molecule has 2 nitrogen and oxygen atoms in total. The van der Waals surface area contributed by atoms with Crippen molar-refractivity contribution in [2.75, 3.05) is 18.5 Å². The number of rotatable bonds is 2. The third kappa shape index (κ3) is 2.31. The Balaban J connectivity index is 1.88. The van der Waals surface area contributed by atoms with Gasteiger partial charge in [-0.25, -0.2) is 0 Å². The van der Waals surface area contributed by atoms with Gasteiger partial charge in [0.25, 0.3) is 0 Å². The summed E-state index contributed by atoms with van der Waals surface area (Å²) in [6, 6.07) is 0. The van der Waals surface area contributed by atoms with Crippen LogP contribution in [0.15, 0.2) is 0 Å². The molecule has 2 rings (SSSR count). The van der Waals surface area contributed by atoms with E-state index in [9.17, 15) is 0 Å². The van der Waals surface area contributed by atoms with E-state index in [0.717, 1.165) is 18.5 Å². The zero-order valence-electron chi connectivity index (χ0n) is 8.80. The lowest BCUT2D eigenvalue weighted by molar-refractivity contribution is -0.0714. The minimum Gasteiger partial charge on any atom is -0.381 e. The van der Waals surface area contributed by atoms with Gasteiger partial charge < -0.3 is 9.47 Å². The minimum atomic E-state index is 0.0715. The Labute approximate surface area is 94.5 Å². The first-order chi connectivity index (χ1) is 6.73. The molecule has 2 saturated heterocycles. The Morgan fingerprint density at radius 3 is 2.86 bits per heavy atom. The van der Waals surface area contributed by atoms with Gasteiger partial charge in [-0.2, -0.15) is 0 Å². The van der Waals surface area contributed by atoms with Crippen LogP contribution in [0.5, 0.6) is 0 Å². The van der Waals surface area contributed by atoms with E-state index < -0.39 is 0 Å². The number of halogens is 1. The van der Waals surface area contributed by atoms with Gasteiger partial charge in [0.05, 0.1) is 18.3 Å². The van der Waals surface area contributed by atoms with Crippen molar-refractivity contribution in [1.82, 2.24) is 0 Å². The fourth-order valence-electron chi connectivity index (χ4n) is 2.42. The van der Waals surface area contributed by atoms with Gasteiger partial charge in [-0.05, 0) is 32.6 Å². The summed E-state index contributed by atoms with van der Waals surface area (Å²) < 4.78 is 11.6. The summed E-state index contributed by atoms with van der Waals surface area (Å²) >= 11 is 3.53. The number of hydrogen-bond donors (Lipinski definition) is 0. The molecule has 0 aromatic rings. The largest absolute Gasteiger partial charge is 0.381 e. The fraction of sp³-hybridized carbons (Fsp3) is 1.00. The van der Waals surface area contributed by atoms with Crippen LogP contribution < -0.4 is 0 Å². The molecule has 2 aliphatic heterocycles. The van der Waals surface area contributed by atoms with E-state index in [4.69, 9.17) is 9.47 Å². The zero-order chi connectivity index (χ0) is 10.0. The molecule has 0 spiro atoms. The maximum absolute atomic E-state index is 6.11. The molecule has 3 atom stereocenters. The van der Waals surface area contributed by atoms with E-state index in [1.165, 1.54) is 25.7 Å². The lowest BCUT2D eigenvalue weighted by atomic mass is 9.93. The van der Waals surface area contributed by atoms with Crippen molar-refractivity contribution in [3.8, 4) is 0 Å². The van der Waals surface area contributed by atoms with Crippen molar-refractivity contribution in [3.63, 3.8) is 0 Å². The molecule has 0 radical (unpaired) electrons. The van der Waals surface area contributed by atoms with Gasteiger partial charge in [0.15, 0.2) is 0 Å². The van der Waals surface area contributed by atoms with Crippen LogP contribution in [0.25, 0.3) is 0 Å². The molecule has 0 bridgehead atoms. The second-order valence-corrected chi connectivity index (χ2v) is 5.32. The SMILES string of the molecule is CC1(CBr)CCC(C2CCCOC2)O1. The first-order valence-corrected chi connectivity index (χ1v) is 6.67. The molecule has 3 heteroatoms. The average Bonchev–Trinajstić information content (AvgIpc) is 2.63. The molecule has 0 saturated carbocycles. The molecule has 14 heavy (non-hydrogen) atoms. The van der Waals surface area contributed by atoms with Crippen LogP contribution in [-0.4, -0.2) is 30.2 Å². The van der Waals surface area contributed by atoms with Gasteiger partial charge in [-0.1, -0.05) is 15.9 Å². The Hall–Kier alpha value is 0.400. The van der Waals surface area contributed by atoms with E-state index in [2.05, 4.69) is 22.9 Å². The summed E-state index contributed by atoms with van der Waals surface area (Å²) in [4.78, 5) is 0. The monoisotopic (exact) mass is 262 g/mol. The van der Waals surface area contributed by atoms with Gasteiger partial charge in [0.1, 0.15) is 0 Å². The maximum atomic E-state index is 6.11. The normalized spacial score (nSPS) is 44.1. The van der Waals surface area contributed by atoms with Crippen LogP contribution in [0.4, 0.5) is 0 Å². The molecule has 2 heterocycles. The number of ether oxygens (including phenoxy) is 2. The van der Waals surface area contributed by atoms with Crippen molar-refractivity contribution in [2.45, 2.75) is 44.3 Å². The van der Waals surface area contributed by atoms with E-state index in [-0.39, 0.29) is 5.60 Å². The van der Waals surface area contributed by atoms with Crippen LogP contribution in [-0.2, 0) is 9.47 Å². The first-order valence-electron chi connectivity index (χ1n) is 5.55. The van der Waals surface area contributed by atoms with Crippen molar-refractivity contribution >= 4 is 15.9 Å². The smallest absolute Gasteiger partial charge is 0.0755 e. The van der Waals surface area contributed by atoms with E-state index in [1.807, 2.05) is 0 Å². The van der Waals surface area contributed by atoms with Gasteiger partial charge in [0.2, 0.25) is 0 Å². The molecule has 82 valence electrons. The van der Waals surface area contributed by atoms with Crippen LogP contribution >= 0.6 is 15.9 Å². The highest BCUT2D eigenvalue weighted by Crippen LogP contribution is 2.37. The predicted octanol–water partition coefficient (Wildman–Crippen LogP) is 2.75. The number of alkyl halides is 1. The third-order valence-corrected chi connectivity index (χ3v) is 4.58. The zero-order valence-corrected chi connectivity index (χ0v) is 10.4. The van der Waals surface area contributed by atoms with Crippen molar-refractivity contribution in [1.29, 1.82) is 0 Å². The molecule has 0 aromatic heterocycles. The Morgan fingerprint density at radius 1 is 1.43 bits per heavy atom. The molecular formula is C11H19BrO2. The standard InChI is InChI=1S/C11H19BrO2/c1-11(8-12)5-4-10(14-11)9-3-2-6-13-7-9/h9-10H,2-8H2,1H3. The second kappa shape index (κ2) is 4.50. The lowest BCUT2D eigenvalue weighted by Crippen LogP contribution is -2.33. The molecule has 3 unspecified atom stereocenters. The summed E-state index contributed by atoms with van der Waals surface area (Å²) in [5.41, 5.74) is 0.0715. The average molecular weight is 263 g/mol. The fourth-order valence-corrected chi connectivity index (χ4v) is 2.83. The molecule has 2 aliphatic rings. The third-order valence-electron chi connectivity index (χ3n) is 3.40. The quantitative estimate of drug-likeness (QED) is 0.713. The van der Waals surface area contributed by atoms with Gasteiger partial charge in [-0.15, -0.1) is 0 Å². The Kier molecular flexibility index (Phi) is 3.50. The molecule has 0 amide bonds. The maximum Gasteiger partial charge on any atom is 0.0755 e. The van der Waals surface area contributed by atoms with Gasteiger partial charge >= 0.3 is 0 Å². The van der Waals surface area contributed by atoms with Crippen LogP contribution in [0, 0.1) is 5.92 Å². The van der Waals surface area contributed by atoms with E-state index >= 15 is 0 Å². The lowest BCUT2D eigenvalue weighted by Gasteiger charge is -2.29. The molecule has 0 aliphatic carbocycles. The van der Waals surface area contributed by atoms with E-state index in [1.54, 1.807) is 0 Å². The topological polar surface area (TPSA) is 18.5 Å². The Bertz CT molecular complexity index is 192. The van der Waals surface area contributed by atoms with Crippen molar-refractivity contribution < 1.29 is 9.47 Å². The van der Waals surface area contributed by atoms with Crippen LogP contribution in [0.2, 0.25) is 0 Å². The highest BCUT2D eigenvalue weighted by Gasteiger charge is 2.39.